The van der Waals surface area contributed by atoms with E-state index in [4.69, 9.17) is 0 Å². The van der Waals surface area contributed by atoms with Gasteiger partial charge in [-0.3, -0.25) is 9.69 Å². The topological polar surface area (TPSA) is 39.7 Å². The van der Waals surface area contributed by atoms with Crippen molar-refractivity contribution in [1.29, 1.82) is 0 Å². The Morgan fingerprint density at radius 3 is 2.45 bits per heavy atom. The average molecular weight is 411 g/mol. The lowest BCUT2D eigenvalue weighted by atomic mass is 9.71. The van der Waals surface area contributed by atoms with Crippen LogP contribution in [0.25, 0.3) is 0 Å². The van der Waals surface area contributed by atoms with Gasteiger partial charge in [0.1, 0.15) is 5.69 Å². The molecule has 2 aromatic rings. The van der Waals surface area contributed by atoms with Gasteiger partial charge in [0, 0.05) is 36.5 Å². The van der Waals surface area contributed by atoms with Crippen LogP contribution in [0.15, 0.2) is 41.2 Å². The Hall–Kier alpha value is -1.76. The van der Waals surface area contributed by atoms with Crippen molar-refractivity contribution in [3.63, 3.8) is 0 Å². The van der Waals surface area contributed by atoms with E-state index in [-0.39, 0.29) is 5.91 Å². The summed E-state index contributed by atoms with van der Waals surface area (Å²) in [6.07, 6.45) is 5.04. The first kappa shape index (κ1) is 19.2. The summed E-state index contributed by atoms with van der Waals surface area (Å²) in [5.74, 6) is 0.116. The van der Waals surface area contributed by atoms with Crippen molar-refractivity contribution < 1.29 is 4.79 Å². The molecule has 0 aliphatic carbocycles. The smallest absolute Gasteiger partial charge is 0.273 e. The van der Waals surface area contributed by atoms with Gasteiger partial charge in [-0.15, -0.1) is 11.3 Å². The number of carbonyl (C=O) groups excluding carboxylic acids is 1. The molecular weight excluding hydrogens is 380 g/mol. The van der Waals surface area contributed by atoms with Crippen molar-refractivity contribution in [3.8, 4) is 0 Å². The largest absolute Gasteiger partial charge is 0.336 e. The van der Waals surface area contributed by atoms with Gasteiger partial charge in [-0.2, -0.15) is 0 Å². The van der Waals surface area contributed by atoms with Crippen LogP contribution < -0.4 is 0 Å². The van der Waals surface area contributed by atoms with Crippen molar-refractivity contribution in [2.45, 2.75) is 38.3 Å². The van der Waals surface area contributed by atoms with Crippen molar-refractivity contribution in [2.24, 2.45) is 5.41 Å². The van der Waals surface area contributed by atoms with E-state index < -0.39 is 0 Å². The minimum absolute atomic E-state index is 0.116. The molecule has 3 saturated heterocycles. The molecule has 3 aliphatic heterocycles. The Morgan fingerprint density at radius 2 is 1.79 bits per heavy atom. The van der Waals surface area contributed by atoms with Crippen LogP contribution in [-0.2, 0) is 6.54 Å². The minimum atomic E-state index is 0.116. The van der Waals surface area contributed by atoms with E-state index in [1.54, 1.807) is 5.51 Å². The normalized spacial score (nSPS) is 23.2. The Labute approximate surface area is 177 Å². The number of hydrogen-bond donors (Lipinski definition) is 0. The van der Waals surface area contributed by atoms with E-state index in [0.29, 0.717) is 11.1 Å². The van der Waals surface area contributed by atoms with Gasteiger partial charge in [0.15, 0.2) is 0 Å². The van der Waals surface area contributed by atoms with Crippen LogP contribution in [0.5, 0.6) is 0 Å². The standard InChI is InChI=1S/C23H30N4OS/c28-22(21-15-29-18-24-21)27-16-23(17-27)8-12-26(13-9-23)20-6-10-25(11-7-20)14-19-4-2-1-3-5-19/h1-5,15,18,20H,6-14,16-17H2. The van der Waals surface area contributed by atoms with Gasteiger partial charge >= 0.3 is 0 Å². The van der Waals surface area contributed by atoms with Crippen LogP contribution in [0.1, 0.15) is 41.7 Å². The van der Waals surface area contributed by atoms with Crippen molar-refractivity contribution in [2.75, 3.05) is 39.3 Å². The van der Waals surface area contributed by atoms with Crippen molar-refractivity contribution in [1.82, 2.24) is 19.7 Å². The first-order valence-electron chi connectivity index (χ1n) is 10.9. The fraction of sp³-hybridized carbons (Fsp3) is 0.565. The molecule has 1 spiro atoms. The summed E-state index contributed by atoms with van der Waals surface area (Å²) in [5.41, 5.74) is 4.15. The third-order valence-corrected chi connectivity index (χ3v) is 7.76. The number of benzene rings is 1. The maximum Gasteiger partial charge on any atom is 0.273 e. The zero-order valence-electron chi connectivity index (χ0n) is 17.0. The molecule has 4 heterocycles. The molecule has 6 heteroatoms. The number of carbonyl (C=O) groups is 1. The molecule has 154 valence electrons. The summed E-state index contributed by atoms with van der Waals surface area (Å²) in [6.45, 7) is 7.73. The minimum Gasteiger partial charge on any atom is -0.336 e. The van der Waals surface area contributed by atoms with E-state index in [1.807, 2.05) is 10.3 Å². The van der Waals surface area contributed by atoms with Crippen LogP contribution >= 0.6 is 11.3 Å². The number of hydrogen-bond acceptors (Lipinski definition) is 5. The second kappa shape index (κ2) is 8.17. The molecule has 5 nitrogen and oxygen atoms in total. The molecule has 29 heavy (non-hydrogen) atoms. The Bertz CT molecular complexity index is 801. The van der Waals surface area contributed by atoms with Crippen LogP contribution in [0.4, 0.5) is 0 Å². The predicted octanol–water partition coefficient (Wildman–Crippen LogP) is 3.35. The predicted molar refractivity (Wildman–Crippen MR) is 116 cm³/mol. The summed E-state index contributed by atoms with van der Waals surface area (Å²) in [7, 11) is 0. The Kier molecular flexibility index (Phi) is 5.41. The third kappa shape index (κ3) is 4.11. The third-order valence-electron chi connectivity index (χ3n) is 7.17. The van der Waals surface area contributed by atoms with E-state index in [9.17, 15) is 4.79 Å². The molecule has 0 bridgehead atoms. The van der Waals surface area contributed by atoms with Crippen LogP contribution in [0.3, 0.4) is 0 Å². The zero-order valence-corrected chi connectivity index (χ0v) is 17.8. The summed E-state index contributed by atoms with van der Waals surface area (Å²) in [4.78, 5) is 23.9. The molecule has 1 aromatic carbocycles. The molecule has 3 aliphatic rings. The molecule has 0 saturated carbocycles. The SMILES string of the molecule is O=C(c1cscn1)N1CC2(CCN(C3CCN(Cc4ccccc4)CC3)CC2)C1. The van der Waals surface area contributed by atoms with Gasteiger partial charge in [-0.05, 0) is 57.4 Å². The van der Waals surface area contributed by atoms with Crippen molar-refractivity contribution in [3.05, 3.63) is 52.5 Å². The fourth-order valence-electron chi connectivity index (χ4n) is 5.35. The zero-order chi connectivity index (χ0) is 19.7. The molecule has 0 unspecified atom stereocenters. The first-order chi connectivity index (χ1) is 14.2. The number of rotatable bonds is 4. The van der Waals surface area contributed by atoms with Crippen LogP contribution in [-0.4, -0.2) is 70.9 Å². The highest BCUT2D eigenvalue weighted by atomic mass is 32.1. The quantitative estimate of drug-likeness (QED) is 0.775. The lowest BCUT2D eigenvalue weighted by Crippen LogP contribution is -2.62. The number of likely N-dealkylation sites (tertiary alicyclic amines) is 3. The van der Waals surface area contributed by atoms with Gasteiger partial charge < -0.3 is 9.80 Å². The summed E-state index contributed by atoms with van der Waals surface area (Å²) < 4.78 is 0. The number of thiazole rings is 1. The van der Waals surface area contributed by atoms with E-state index in [2.05, 4.69) is 45.1 Å². The van der Waals surface area contributed by atoms with E-state index in [0.717, 1.165) is 25.7 Å². The Morgan fingerprint density at radius 1 is 1.07 bits per heavy atom. The van der Waals surface area contributed by atoms with Gasteiger partial charge in [0.05, 0.1) is 5.51 Å². The second-order valence-corrected chi connectivity index (χ2v) is 9.78. The molecular formula is C23H30N4OS. The molecule has 0 N–H and O–H groups in total. The van der Waals surface area contributed by atoms with Crippen LogP contribution in [0, 0.1) is 5.41 Å². The van der Waals surface area contributed by atoms with Gasteiger partial charge in [0.25, 0.3) is 5.91 Å². The number of aromatic nitrogens is 1. The monoisotopic (exact) mass is 410 g/mol. The lowest BCUT2D eigenvalue weighted by molar-refractivity contribution is -0.0449. The van der Waals surface area contributed by atoms with Gasteiger partial charge in [-0.1, -0.05) is 30.3 Å². The van der Waals surface area contributed by atoms with Crippen LogP contribution in [0.2, 0.25) is 0 Å². The molecule has 5 rings (SSSR count). The first-order valence-corrected chi connectivity index (χ1v) is 11.8. The molecule has 0 atom stereocenters. The summed E-state index contributed by atoms with van der Waals surface area (Å²) >= 11 is 1.49. The highest BCUT2D eigenvalue weighted by molar-refractivity contribution is 7.07. The molecule has 1 amide bonds. The van der Waals surface area contributed by atoms with E-state index >= 15 is 0 Å². The van der Waals surface area contributed by atoms with Crippen molar-refractivity contribution >= 4 is 17.2 Å². The van der Waals surface area contributed by atoms with Gasteiger partial charge in [-0.25, -0.2) is 4.98 Å². The summed E-state index contributed by atoms with van der Waals surface area (Å²) in [6, 6.07) is 11.6. The van der Waals surface area contributed by atoms with E-state index in [1.165, 1.54) is 68.8 Å². The highest BCUT2D eigenvalue weighted by Crippen LogP contribution is 2.42. The van der Waals surface area contributed by atoms with Gasteiger partial charge in [0.2, 0.25) is 0 Å². The molecule has 3 fully saturated rings. The highest BCUT2D eigenvalue weighted by Gasteiger charge is 2.47. The summed E-state index contributed by atoms with van der Waals surface area (Å²) in [5, 5.41) is 1.86. The maximum absolute atomic E-state index is 12.4. The Balaban J connectivity index is 1.06. The number of amides is 1. The second-order valence-electron chi connectivity index (χ2n) is 9.06. The lowest BCUT2D eigenvalue weighted by Gasteiger charge is -2.55. The number of nitrogens with zero attached hydrogens (tertiary/aromatic N) is 4. The molecule has 0 radical (unpaired) electrons. The molecule has 1 aromatic heterocycles. The maximum atomic E-state index is 12.4. The average Bonchev–Trinajstić information content (AvgIpc) is 3.28. The number of piperidine rings is 2. The fourth-order valence-corrected chi connectivity index (χ4v) is 5.88.